The van der Waals surface area contributed by atoms with E-state index in [2.05, 4.69) is 5.32 Å². The van der Waals surface area contributed by atoms with Gasteiger partial charge in [0.25, 0.3) is 0 Å². The normalized spacial score (nSPS) is 16.4. The molecule has 4 nitrogen and oxygen atoms in total. The third kappa shape index (κ3) is 3.90. The largest absolute Gasteiger partial charge is 0.491 e. The van der Waals surface area contributed by atoms with E-state index in [9.17, 15) is 18.7 Å². The zero-order chi connectivity index (χ0) is 14.5. The molecule has 1 atom stereocenters. The molecular weight excluding hydrogens is 268 g/mol. The summed E-state index contributed by atoms with van der Waals surface area (Å²) < 4.78 is 30.7. The molecule has 110 valence electrons. The number of amides is 1. The van der Waals surface area contributed by atoms with E-state index in [1.165, 1.54) is 6.07 Å². The molecule has 1 unspecified atom stereocenters. The summed E-state index contributed by atoms with van der Waals surface area (Å²) in [6, 6.07) is 3.14. The molecular formula is C14H17F2NO3. The number of rotatable bonds is 6. The number of aliphatic hydroxyl groups is 1. The number of hydrogen-bond acceptors (Lipinski definition) is 3. The lowest BCUT2D eigenvalue weighted by molar-refractivity contribution is -0.127. The Labute approximate surface area is 115 Å². The lowest BCUT2D eigenvalue weighted by Gasteiger charge is -2.24. The van der Waals surface area contributed by atoms with E-state index in [1.54, 1.807) is 0 Å². The van der Waals surface area contributed by atoms with Crippen LogP contribution in [0.5, 0.6) is 5.75 Å². The highest BCUT2D eigenvalue weighted by atomic mass is 19.2. The van der Waals surface area contributed by atoms with Crippen LogP contribution < -0.4 is 10.1 Å². The van der Waals surface area contributed by atoms with E-state index < -0.39 is 17.7 Å². The molecule has 0 saturated heterocycles. The molecule has 0 heterocycles. The number of carbonyl (C=O) groups is 1. The number of hydrogen-bond donors (Lipinski definition) is 2. The molecule has 1 aromatic rings. The van der Waals surface area contributed by atoms with Gasteiger partial charge in [-0.3, -0.25) is 4.79 Å². The quantitative estimate of drug-likeness (QED) is 0.835. The second-order valence-electron chi connectivity index (χ2n) is 4.91. The van der Waals surface area contributed by atoms with Crippen LogP contribution in [0, 0.1) is 17.6 Å². The summed E-state index contributed by atoms with van der Waals surface area (Å²) in [5.74, 6) is -1.81. The minimum atomic E-state index is -1.00. The molecule has 1 fully saturated rings. The maximum atomic E-state index is 12.9. The van der Waals surface area contributed by atoms with E-state index in [0.29, 0.717) is 0 Å². The van der Waals surface area contributed by atoms with Crippen molar-refractivity contribution in [2.75, 3.05) is 13.2 Å². The fraction of sp³-hybridized carbons (Fsp3) is 0.500. The smallest absolute Gasteiger partial charge is 0.223 e. The van der Waals surface area contributed by atoms with Gasteiger partial charge in [0.2, 0.25) is 5.91 Å². The number of ether oxygens (including phenoxy) is 1. The average molecular weight is 285 g/mol. The van der Waals surface area contributed by atoms with Gasteiger partial charge in [-0.2, -0.15) is 0 Å². The Kier molecular flexibility index (Phi) is 4.89. The van der Waals surface area contributed by atoms with Crippen LogP contribution in [0.15, 0.2) is 18.2 Å². The molecule has 2 rings (SSSR count). The van der Waals surface area contributed by atoms with E-state index in [-0.39, 0.29) is 30.7 Å². The minimum absolute atomic E-state index is 0.0527. The number of aliphatic hydroxyl groups excluding tert-OH is 1. The molecule has 0 bridgehead atoms. The Hall–Kier alpha value is -1.69. The summed E-state index contributed by atoms with van der Waals surface area (Å²) >= 11 is 0. The summed E-state index contributed by atoms with van der Waals surface area (Å²) in [7, 11) is 0. The summed E-state index contributed by atoms with van der Waals surface area (Å²) in [5.41, 5.74) is 0. The van der Waals surface area contributed by atoms with Crippen molar-refractivity contribution in [3.63, 3.8) is 0 Å². The second kappa shape index (κ2) is 6.65. The van der Waals surface area contributed by atoms with E-state index in [4.69, 9.17) is 4.74 Å². The first kappa shape index (κ1) is 14.7. The van der Waals surface area contributed by atoms with Crippen molar-refractivity contribution in [1.29, 1.82) is 0 Å². The zero-order valence-corrected chi connectivity index (χ0v) is 10.9. The number of halogens is 2. The Morgan fingerprint density at radius 1 is 1.40 bits per heavy atom. The predicted molar refractivity (Wildman–Crippen MR) is 68.2 cm³/mol. The summed E-state index contributed by atoms with van der Waals surface area (Å²) in [6.45, 7) is -0.0188. The van der Waals surface area contributed by atoms with Gasteiger partial charge >= 0.3 is 0 Å². The maximum absolute atomic E-state index is 12.9. The number of benzene rings is 1. The van der Waals surface area contributed by atoms with Gasteiger partial charge in [0.05, 0.1) is 0 Å². The maximum Gasteiger partial charge on any atom is 0.223 e. The van der Waals surface area contributed by atoms with Gasteiger partial charge in [-0.25, -0.2) is 8.78 Å². The first-order chi connectivity index (χ1) is 9.56. The fourth-order valence-electron chi connectivity index (χ4n) is 1.85. The van der Waals surface area contributed by atoms with Gasteiger partial charge in [-0.05, 0) is 25.0 Å². The molecule has 0 aliphatic heterocycles. The van der Waals surface area contributed by atoms with Crippen molar-refractivity contribution in [1.82, 2.24) is 5.32 Å². The van der Waals surface area contributed by atoms with Crippen molar-refractivity contribution >= 4 is 5.91 Å². The third-order valence-electron chi connectivity index (χ3n) is 3.32. The highest BCUT2D eigenvalue weighted by molar-refractivity contribution is 5.79. The Morgan fingerprint density at radius 3 is 2.75 bits per heavy atom. The van der Waals surface area contributed by atoms with Crippen LogP contribution in [-0.4, -0.2) is 30.3 Å². The van der Waals surface area contributed by atoms with Crippen molar-refractivity contribution in [3.8, 4) is 5.75 Å². The first-order valence-corrected chi connectivity index (χ1v) is 6.60. The van der Waals surface area contributed by atoms with Crippen LogP contribution in [-0.2, 0) is 4.79 Å². The molecule has 0 spiro atoms. The molecule has 0 aromatic heterocycles. The highest BCUT2D eigenvalue weighted by Gasteiger charge is 2.25. The molecule has 1 aliphatic carbocycles. The summed E-state index contributed by atoms with van der Waals surface area (Å²) in [6.07, 6.45) is 1.97. The summed E-state index contributed by atoms with van der Waals surface area (Å²) in [5, 5.41) is 12.3. The minimum Gasteiger partial charge on any atom is -0.491 e. The van der Waals surface area contributed by atoms with E-state index in [0.717, 1.165) is 31.4 Å². The van der Waals surface area contributed by atoms with Gasteiger partial charge in [0, 0.05) is 18.5 Å². The SMILES string of the molecule is O=C(NCC(O)COc1ccc(F)c(F)c1)C1CCC1. The molecule has 2 N–H and O–H groups in total. The van der Waals surface area contributed by atoms with Crippen molar-refractivity contribution in [2.45, 2.75) is 25.4 Å². The van der Waals surface area contributed by atoms with E-state index >= 15 is 0 Å². The van der Waals surface area contributed by atoms with Crippen LogP contribution in [0.2, 0.25) is 0 Å². The standard InChI is InChI=1S/C14H17F2NO3/c15-12-5-4-11(6-13(12)16)20-8-10(18)7-17-14(19)9-2-1-3-9/h4-6,9-10,18H,1-3,7-8H2,(H,17,19). The Balaban J connectivity index is 1.70. The van der Waals surface area contributed by atoms with Crippen LogP contribution in [0.1, 0.15) is 19.3 Å². The monoisotopic (exact) mass is 285 g/mol. The zero-order valence-electron chi connectivity index (χ0n) is 10.9. The van der Waals surface area contributed by atoms with Gasteiger partial charge < -0.3 is 15.2 Å². The highest BCUT2D eigenvalue weighted by Crippen LogP contribution is 2.26. The van der Waals surface area contributed by atoms with Gasteiger partial charge in [-0.15, -0.1) is 0 Å². The van der Waals surface area contributed by atoms with Crippen LogP contribution in [0.25, 0.3) is 0 Å². The number of nitrogens with one attached hydrogen (secondary N) is 1. The Bertz CT molecular complexity index is 477. The predicted octanol–water partition coefficient (Wildman–Crippen LogP) is 1.62. The molecule has 1 saturated carbocycles. The molecule has 1 aliphatic rings. The fourth-order valence-corrected chi connectivity index (χ4v) is 1.85. The summed E-state index contributed by atoms with van der Waals surface area (Å²) in [4.78, 5) is 11.5. The molecule has 1 amide bonds. The molecule has 0 radical (unpaired) electrons. The van der Waals surface area contributed by atoms with Gasteiger partial charge in [-0.1, -0.05) is 6.42 Å². The average Bonchev–Trinajstić information content (AvgIpc) is 2.36. The second-order valence-corrected chi connectivity index (χ2v) is 4.91. The Morgan fingerprint density at radius 2 is 2.15 bits per heavy atom. The third-order valence-corrected chi connectivity index (χ3v) is 3.32. The topological polar surface area (TPSA) is 58.6 Å². The van der Waals surface area contributed by atoms with Crippen molar-refractivity contribution in [2.24, 2.45) is 5.92 Å². The number of carbonyl (C=O) groups excluding carboxylic acids is 1. The van der Waals surface area contributed by atoms with Crippen LogP contribution >= 0.6 is 0 Å². The van der Waals surface area contributed by atoms with Crippen LogP contribution in [0.3, 0.4) is 0 Å². The van der Waals surface area contributed by atoms with Crippen LogP contribution in [0.4, 0.5) is 8.78 Å². The molecule has 20 heavy (non-hydrogen) atoms. The first-order valence-electron chi connectivity index (χ1n) is 6.60. The van der Waals surface area contributed by atoms with Crippen molar-refractivity contribution < 1.29 is 23.4 Å². The van der Waals surface area contributed by atoms with Crippen molar-refractivity contribution in [3.05, 3.63) is 29.8 Å². The van der Waals surface area contributed by atoms with Gasteiger partial charge in [0.1, 0.15) is 18.5 Å². The van der Waals surface area contributed by atoms with E-state index in [1.807, 2.05) is 0 Å². The van der Waals surface area contributed by atoms with Gasteiger partial charge in [0.15, 0.2) is 11.6 Å². The lowest BCUT2D eigenvalue weighted by Crippen LogP contribution is -2.40. The lowest BCUT2D eigenvalue weighted by atomic mass is 9.85. The molecule has 6 heteroatoms. The molecule has 1 aromatic carbocycles.